The van der Waals surface area contributed by atoms with Crippen LogP contribution in [0.3, 0.4) is 0 Å². The van der Waals surface area contributed by atoms with Gasteiger partial charge in [-0.25, -0.2) is 0 Å². The number of nitrogens with zero attached hydrogens (tertiary/aromatic N) is 1. The zero-order valence-corrected chi connectivity index (χ0v) is 36.0. The van der Waals surface area contributed by atoms with Crippen molar-refractivity contribution in [1.29, 1.82) is 0 Å². The van der Waals surface area contributed by atoms with E-state index < -0.39 is 0 Å². The molecule has 33 rings (SSSR count). The van der Waals surface area contributed by atoms with E-state index in [1.165, 1.54) is 27.5 Å². The number of rotatable bonds is 1. The summed E-state index contributed by atoms with van der Waals surface area (Å²) in [4.78, 5) is 0. The first-order chi connectivity index (χ1) is 35.4. The highest BCUT2D eigenvalue weighted by molar-refractivity contribution is 6.84. The van der Waals surface area contributed by atoms with Gasteiger partial charge in [0.05, 0.1) is 11.0 Å². The van der Waals surface area contributed by atoms with Crippen molar-refractivity contribution in [2.75, 3.05) is 0 Å². The Labute approximate surface area is 384 Å². The molecule has 0 atom stereocenters. The van der Waals surface area contributed by atoms with Crippen molar-refractivity contribution in [1.82, 2.24) is 4.57 Å². The fourth-order valence-electron chi connectivity index (χ4n) is 24.1. The third-order valence-corrected chi connectivity index (χ3v) is 24.6. The van der Waals surface area contributed by atoms with Crippen molar-refractivity contribution in [2.24, 2.45) is 0 Å². The molecule has 1 heterocycles. The standard InChI is InChI=1S/C70H7N/c1-2-4-9-7-10(6-5-8(9)3-1)71-69-65-58-51-39-31-22-13-11-12-14-17(13)26-33(31)41-42-34(26)32-23(14)25-21-16(12)19-18-15(11)20-24(22)37(39)45-43-29(20)27(18)35-36-28(19)30(21)44-46-38(25)40(32)52-54(42)63(62(65)53(41)51)66-59(52)57(46)61-50(44)48(36)55-47(35)49(43)60(56(45)58)67(69)64(55)68(61)70(66)71/h1-7H. The van der Waals surface area contributed by atoms with E-state index in [0.29, 0.717) is 0 Å². The van der Waals surface area contributed by atoms with Gasteiger partial charge in [-0.2, -0.15) is 0 Å². The molecule has 0 saturated carbocycles. The summed E-state index contributed by atoms with van der Waals surface area (Å²) in [5, 5.41) is 97.1. The van der Waals surface area contributed by atoms with Crippen LogP contribution in [-0.4, -0.2) is 4.57 Å². The highest BCUT2D eigenvalue weighted by atomic mass is 15.0. The van der Waals surface area contributed by atoms with E-state index in [9.17, 15) is 0 Å². The van der Waals surface area contributed by atoms with Crippen LogP contribution in [0.25, 0.3) is 340 Å². The number of pyridine rings is 1. The van der Waals surface area contributed by atoms with Crippen molar-refractivity contribution in [3.63, 3.8) is 0 Å². The van der Waals surface area contributed by atoms with Gasteiger partial charge < -0.3 is 4.57 Å². The Bertz CT molecular complexity index is 7460. The second kappa shape index (κ2) is 6.01. The Morgan fingerprint density at radius 3 is 0.535 bits per heavy atom. The SMILES string of the molecule is c1ccc2cc(-n3c4c5c6c7c8c9c%10c%11c%12c%13c%14c%11c%11c9c9c%15c%11c%11c%14c%14c%16c%13c%13c%17c%12c%12c%10c8c8c%10c%12c%17c%12c%17c%13c%16c%13c%16c%14c%11c%11c%15c(c5c97)c5c%11c%16c7c%13c%17c9c%12c%10c(c86)c4c9c7c53)ccc2c1. The van der Waals surface area contributed by atoms with Crippen LogP contribution >= 0.6 is 0 Å². The molecule has 0 N–H and O–H groups in total. The molecule has 292 valence electrons. The first-order valence-electron chi connectivity index (χ1n) is 26.2. The summed E-state index contributed by atoms with van der Waals surface area (Å²) in [6, 6.07) is 16.6. The molecule has 1 nitrogen and oxygen atoms in total. The van der Waals surface area contributed by atoms with Crippen LogP contribution in [0.5, 0.6) is 0 Å². The molecule has 0 spiro atoms. The molecule has 33 aromatic rings. The number of fused-ring (bicyclic) bond motifs is 6. The van der Waals surface area contributed by atoms with Gasteiger partial charge in [-0.05, 0) is 22.9 Å². The molecule has 0 bridgehead atoms. The van der Waals surface area contributed by atoms with Gasteiger partial charge in [0.25, 0.3) is 0 Å². The minimum atomic E-state index is 1.32. The number of hydrogen-bond acceptors (Lipinski definition) is 0. The van der Waals surface area contributed by atoms with Crippen molar-refractivity contribution >= 4 is 334 Å². The predicted molar refractivity (Wildman–Crippen MR) is 306 cm³/mol. The quantitative estimate of drug-likeness (QED) is 0.114. The van der Waals surface area contributed by atoms with E-state index in [1.807, 2.05) is 0 Å². The summed E-state index contributed by atoms with van der Waals surface area (Å²) in [5.74, 6) is 0. The third kappa shape index (κ3) is 1.46. The predicted octanol–water partition coefficient (Wildman–Crippen LogP) is 20.2. The Balaban J connectivity index is 1.20. The molecule has 1 heteroatoms. The van der Waals surface area contributed by atoms with Crippen LogP contribution < -0.4 is 0 Å². The van der Waals surface area contributed by atoms with Crippen LogP contribution in [0.4, 0.5) is 0 Å². The smallest absolute Gasteiger partial charge is 0.0632 e. The van der Waals surface area contributed by atoms with Crippen molar-refractivity contribution in [3.05, 3.63) is 42.5 Å². The highest BCUT2D eigenvalue weighted by Gasteiger charge is 2.51. The molecule has 0 saturated heterocycles. The molecule has 0 radical (unpaired) electrons. The van der Waals surface area contributed by atoms with Crippen LogP contribution in [0.1, 0.15) is 0 Å². The lowest BCUT2D eigenvalue weighted by Crippen LogP contribution is -2.03. The second-order valence-electron chi connectivity index (χ2n) is 25.3. The van der Waals surface area contributed by atoms with Crippen LogP contribution in [0.2, 0.25) is 0 Å². The summed E-state index contributed by atoms with van der Waals surface area (Å²) in [6.07, 6.45) is 0. The van der Waals surface area contributed by atoms with E-state index in [1.54, 1.807) is 312 Å². The summed E-state index contributed by atoms with van der Waals surface area (Å²) in [5.41, 5.74) is 4.32. The van der Waals surface area contributed by atoms with Gasteiger partial charge >= 0.3 is 0 Å². The van der Waals surface area contributed by atoms with E-state index in [-0.39, 0.29) is 0 Å². The molecular formula is C70H7N. The molecule has 0 aliphatic rings. The monoisotopic (exact) mass is 861 g/mol. The lowest BCUT2D eigenvalue weighted by atomic mass is 9.84. The van der Waals surface area contributed by atoms with Crippen molar-refractivity contribution < 1.29 is 0 Å². The lowest BCUT2D eigenvalue weighted by Gasteiger charge is -2.25. The van der Waals surface area contributed by atoms with Gasteiger partial charge in [-0.15, -0.1) is 0 Å². The second-order valence-corrected chi connectivity index (χ2v) is 25.3. The van der Waals surface area contributed by atoms with Crippen LogP contribution in [-0.2, 0) is 0 Å². The fraction of sp³-hybridized carbons (Fsp3) is 0. The van der Waals surface area contributed by atoms with E-state index in [0.717, 1.165) is 0 Å². The number of hydrogen-bond donors (Lipinski definition) is 0. The Morgan fingerprint density at radius 2 is 0.324 bits per heavy atom. The molecule has 0 fully saturated rings. The largest absolute Gasteiger partial charge is 0.308 e. The average Bonchev–Trinajstić information content (AvgIpc) is 4.38. The molecule has 0 unspecified atom stereocenters. The Kier molecular flexibility index (Phi) is 2.19. The topological polar surface area (TPSA) is 4.93 Å². The van der Waals surface area contributed by atoms with Gasteiger partial charge in [-0.3, -0.25) is 0 Å². The van der Waals surface area contributed by atoms with Crippen LogP contribution in [0.15, 0.2) is 42.5 Å². The maximum atomic E-state index is 2.94. The maximum Gasteiger partial charge on any atom is 0.0632 e. The third-order valence-electron chi connectivity index (χ3n) is 24.6. The molecule has 1 aromatic heterocycles. The van der Waals surface area contributed by atoms with Crippen molar-refractivity contribution in [3.8, 4) is 5.69 Å². The normalized spacial score (nSPS) is 17.0. The fourth-order valence-corrected chi connectivity index (χ4v) is 24.1. The van der Waals surface area contributed by atoms with Gasteiger partial charge in [0.2, 0.25) is 0 Å². The van der Waals surface area contributed by atoms with Crippen molar-refractivity contribution in [2.45, 2.75) is 0 Å². The average molecular weight is 862 g/mol. The van der Waals surface area contributed by atoms with E-state index in [4.69, 9.17) is 0 Å². The van der Waals surface area contributed by atoms with Gasteiger partial charge in [0.1, 0.15) is 0 Å². The molecule has 71 heavy (non-hydrogen) atoms. The van der Waals surface area contributed by atoms with Gasteiger partial charge in [-0.1, -0.05) is 30.3 Å². The molecule has 0 aliphatic heterocycles. The summed E-state index contributed by atoms with van der Waals surface area (Å²) in [7, 11) is 0. The van der Waals surface area contributed by atoms with E-state index in [2.05, 4.69) is 47.0 Å². The van der Waals surface area contributed by atoms with Gasteiger partial charge in [0, 0.05) is 318 Å². The summed E-state index contributed by atoms with van der Waals surface area (Å²) < 4.78 is 2.94. The Hall–Kier alpha value is -9.30. The van der Waals surface area contributed by atoms with Gasteiger partial charge in [0.15, 0.2) is 0 Å². The van der Waals surface area contributed by atoms with Crippen LogP contribution in [0, 0.1) is 0 Å². The molecule has 32 aromatic carbocycles. The first kappa shape index (κ1) is 25.9. The number of aromatic nitrogens is 1. The zero-order valence-electron chi connectivity index (χ0n) is 36.0. The Morgan fingerprint density at radius 1 is 0.155 bits per heavy atom. The minimum Gasteiger partial charge on any atom is -0.308 e. The summed E-state index contributed by atoms with van der Waals surface area (Å²) >= 11 is 0. The first-order valence-corrected chi connectivity index (χ1v) is 26.2. The highest BCUT2D eigenvalue weighted by Crippen LogP contribution is 2.80. The maximum absolute atomic E-state index is 2.94. The number of benzene rings is 21. The molecular weight excluding hydrogens is 855 g/mol. The zero-order chi connectivity index (χ0) is 41.9. The molecule has 0 aliphatic carbocycles. The molecule has 0 amide bonds. The van der Waals surface area contributed by atoms with E-state index >= 15 is 0 Å². The minimum absolute atomic E-state index is 1.32. The lowest BCUT2D eigenvalue weighted by molar-refractivity contribution is 1.19. The summed E-state index contributed by atoms with van der Waals surface area (Å²) in [6.45, 7) is 0.